The number of carboxylic acids is 1. The average Bonchev–Trinajstić information content (AvgIpc) is 3.21. The maximum atomic E-state index is 12.7. The number of hydrogen-bond acceptors (Lipinski definition) is 8. The van der Waals surface area contributed by atoms with Crippen LogP contribution in [0.4, 0.5) is 0 Å². The Morgan fingerprint density at radius 1 is 1.13 bits per heavy atom. The summed E-state index contributed by atoms with van der Waals surface area (Å²) in [4.78, 5) is 55.1. The summed E-state index contributed by atoms with van der Waals surface area (Å²) in [6, 6.07) is -4.70. The van der Waals surface area contributed by atoms with E-state index in [9.17, 15) is 29.4 Å². The van der Waals surface area contributed by atoms with Crippen LogP contribution in [0.1, 0.15) is 19.5 Å². The molecule has 0 aliphatic carbocycles. The van der Waals surface area contributed by atoms with Gasteiger partial charge in [-0.25, -0.2) is 9.78 Å². The largest absolute Gasteiger partial charge is 0.480 e. The summed E-state index contributed by atoms with van der Waals surface area (Å²) < 4.78 is 0. The summed E-state index contributed by atoms with van der Waals surface area (Å²) in [5, 5.41) is 25.8. The van der Waals surface area contributed by atoms with Crippen LogP contribution in [0.2, 0.25) is 0 Å². The standard InChI is InChI=1S/C17H28N6O6S/c1-8(2)13(17(28)29)23-16(27)12(5-24)22-15(26)11(3-9-4-19-7-20-9)21-14(25)10(18)6-30/h4,7-8,10-13,24,30H,3,5-6,18H2,1-2H3,(H,19,20)(H,21,25)(H,22,26)(H,23,27)(H,28,29). The van der Waals surface area contributed by atoms with Gasteiger partial charge in [-0.05, 0) is 5.92 Å². The van der Waals surface area contributed by atoms with Crippen LogP contribution in [0.15, 0.2) is 12.5 Å². The number of nitrogens with one attached hydrogen (secondary N) is 4. The smallest absolute Gasteiger partial charge is 0.326 e. The predicted molar refractivity (Wildman–Crippen MR) is 109 cm³/mol. The van der Waals surface area contributed by atoms with E-state index in [0.29, 0.717) is 5.69 Å². The quantitative estimate of drug-likeness (QED) is 0.160. The Morgan fingerprint density at radius 2 is 1.73 bits per heavy atom. The van der Waals surface area contributed by atoms with Gasteiger partial charge in [-0.3, -0.25) is 14.4 Å². The second kappa shape index (κ2) is 12.1. The minimum atomic E-state index is -1.42. The number of nitrogens with two attached hydrogens (primary N) is 1. The number of imidazole rings is 1. The van der Waals surface area contributed by atoms with Gasteiger partial charge in [0.1, 0.15) is 18.1 Å². The third-order valence-corrected chi connectivity index (χ3v) is 4.58. The molecular formula is C17H28N6O6S. The van der Waals surface area contributed by atoms with Crippen molar-refractivity contribution >= 4 is 36.3 Å². The summed E-state index contributed by atoms with van der Waals surface area (Å²) in [7, 11) is 0. The molecule has 1 rings (SSSR count). The van der Waals surface area contributed by atoms with E-state index in [0.717, 1.165) is 0 Å². The molecule has 1 aromatic heterocycles. The Morgan fingerprint density at radius 3 is 2.20 bits per heavy atom. The molecule has 0 fully saturated rings. The summed E-state index contributed by atoms with van der Waals surface area (Å²) in [5.41, 5.74) is 6.16. The van der Waals surface area contributed by atoms with E-state index in [2.05, 4.69) is 38.5 Å². The molecule has 1 aromatic rings. The number of aromatic amines is 1. The second-order valence-electron chi connectivity index (χ2n) is 6.94. The zero-order valence-corrected chi connectivity index (χ0v) is 17.6. The van der Waals surface area contributed by atoms with Gasteiger partial charge in [0.15, 0.2) is 0 Å². The maximum absolute atomic E-state index is 12.7. The molecule has 4 atom stereocenters. The Bertz CT molecular complexity index is 728. The predicted octanol–water partition coefficient (Wildman–Crippen LogP) is -2.60. The fourth-order valence-electron chi connectivity index (χ4n) is 2.42. The summed E-state index contributed by atoms with van der Waals surface area (Å²) in [6.45, 7) is 2.43. The highest BCUT2D eigenvalue weighted by molar-refractivity contribution is 7.80. The number of aromatic nitrogens is 2. The molecule has 0 saturated heterocycles. The maximum Gasteiger partial charge on any atom is 0.326 e. The number of carbonyl (C=O) groups is 4. The second-order valence-corrected chi connectivity index (χ2v) is 7.31. The van der Waals surface area contributed by atoms with E-state index < -0.39 is 60.4 Å². The molecule has 0 aliphatic rings. The van der Waals surface area contributed by atoms with Crippen LogP contribution in [0.5, 0.6) is 0 Å². The van der Waals surface area contributed by atoms with Gasteiger partial charge in [0.2, 0.25) is 17.7 Å². The number of rotatable bonds is 12. The highest BCUT2D eigenvalue weighted by Crippen LogP contribution is 2.04. The first-order chi connectivity index (χ1) is 14.1. The number of carbonyl (C=O) groups excluding carboxylic acids is 3. The zero-order chi connectivity index (χ0) is 22.8. The van der Waals surface area contributed by atoms with Crippen LogP contribution in [-0.4, -0.2) is 80.4 Å². The van der Waals surface area contributed by atoms with E-state index in [1.165, 1.54) is 12.5 Å². The fraction of sp³-hybridized carbons (Fsp3) is 0.588. The van der Waals surface area contributed by atoms with Crippen molar-refractivity contribution in [3.05, 3.63) is 18.2 Å². The molecule has 12 nitrogen and oxygen atoms in total. The number of nitrogens with zero attached hydrogens (tertiary/aromatic N) is 1. The fourth-order valence-corrected chi connectivity index (χ4v) is 2.59. The Kier molecular flexibility index (Phi) is 10.3. The van der Waals surface area contributed by atoms with Crippen LogP contribution < -0.4 is 21.7 Å². The third kappa shape index (κ3) is 7.65. The van der Waals surface area contributed by atoms with Crippen LogP contribution in [-0.2, 0) is 25.6 Å². The molecule has 0 bridgehead atoms. The number of H-pyrrole nitrogens is 1. The lowest BCUT2D eigenvalue weighted by atomic mass is 10.0. The summed E-state index contributed by atoms with van der Waals surface area (Å²) >= 11 is 3.94. The van der Waals surface area contributed by atoms with Crippen molar-refractivity contribution in [3.63, 3.8) is 0 Å². The minimum absolute atomic E-state index is 0.0143. The van der Waals surface area contributed by atoms with E-state index in [4.69, 9.17) is 5.73 Å². The molecule has 3 amide bonds. The molecule has 0 aromatic carbocycles. The van der Waals surface area contributed by atoms with Gasteiger partial charge < -0.3 is 36.9 Å². The number of hydrogen-bond donors (Lipinski definition) is 8. The molecule has 0 aliphatic heterocycles. The molecule has 13 heteroatoms. The molecule has 1 heterocycles. The molecule has 8 N–H and O–H groups in total. The van der Waals surface area contributed by atoms with Crippen LogP contribution in [0, 0.1) is 5.92 Å². The molecule has 0 saturated carbocycles. The Balaban J connectivity index is 2.91. The highest BCUT2D eigenvalue weighted by Gasteiger charge is 2.31. The zero-order valence-electron chi connectivity index (χ0n) is 16.7. The average molecular weight is 445 g/mol. The van der Waals surface area contributed by atoms with Crippen molar-refractivity contribution in [2.24, 2.45) is 11.7 Å². The number of aliphatic hydroxyl groups is 1. The molecule has 168 valence electrons. The van der Waals surface area contributed by atoms with Gasteiger partial charge in [-0.2, -0.15) is 12.6 Å². The lowest BCUT2D eigenvalue weighted by Crippen LogP contribution is -2.59. The molecule has 30 heavy (non-hydrogen) atoms. The minimum Gasteiger partial charge on any atom is -0.480 e. The van der Waals surface area contributed by atoms with Crippen molar-refractivity contribution in [1.82, 2.24) is 25.9 Å². The van der Waals surface area contributed by atoms with Crippen molar-refractivity contribution in [2.75, 3.05) is 12.4 Å². The Hall–Kier alpha value is -2.64. The highest BCUT2D eigenvalue weighted by atomic mass is 32.1. The van der Waals surface area contributed by atoms with Gasteiger partial charge in [0.25, 0.3) is 0 Å². The molecular weight excluding hydrogens is 416 g/mol. The lowest BCUT2D eigenvalue weighted by molar-refractivity contribution is -0.143. The molecule has 0 spiro atoms. The summed E-state index contributed by atoms with van der Waals surface area (Å²) in [5.74, 6) is -3.87. The lowest BCUT2D eigenvalue weighted by Gasteiger charge is -2.24. The van der Waals surface area contributed by atoms with E-state index >= 15 is 0 Å². The SMILES string of the molecule is CC(C)C(NC(=O)C(CO)NC(=O)C(Cc1cnc[nH]1)NC(=O)C(N)CS)C(=O)O. The van der Waals surface area contributed by atoms with Crippen LogP contribution >= 0.6 is 12.6 Å². The van der Waals surface area contributed by atoms with Crippen molar-refractivity contribution in [1.29, 1.82) is 0 Å². The number of aliphatic carboxylic acids is 1. The van der Waals surface area contributed by atoms with Crippen molar-refractivity contribution < 1.29 is 29.4 Å². The topological polar surface area (TPSA) is 200 Å². The number of thiol groups is 1. The normalized spacial score (nSPS) is 15.0. The molecule has 0 radical (unpaired) electrons. The van der Waals surface area contributed by atoms with E-state index in [1.54, 1.807) is 13.8 Å². The van der Waals surface area contributed by atoms with E-state index in [1.807, 2.05) is 0 Å². The number of carboxylic acid groups (broad SMARTS) is 1. The third-order valence-electron chi connectivity index (χ3n) is 4.19. The first-order valence-electron chi connectivity index (χ1n) is 9.19. The van der Waals surface area contributed by atoms with Crippen LogP contribution in [0.3, 0.4) is 0 Å². The van der Waals surface area contributed by atoms with Crippen molar-refractivity contribution in [2.45, 2.75) is 44.4 Å². The van der Waals surface area contributed by atoms with Gasteiger partial charge in [-0.15, -0.1) is 0 Å². The summed E-state index contributed by atoms with van der Waals surface area (Å²) in [6.07, 6.45) is 2.87. The first-order valence-corrected chi connectivity index (χ1v) is 9.82. The van der Waals surface area contributed by atoms with Crippen LogP contribution in [0.25, 0.3) is 0 Å². The van der Waals surface area contributed by atoms with Gasteiger partial charge >= 0.3 is 5.97 Å². The van der Waals surface area contributed by atoms with Crippen molar-refractivity contribution in [3.8, 4) is 0 Å². The van der Waals surface area contributed by atoms with Gasteiger partial charge in [-0.1, -0.05) is 13.8 Å². The number of aliphatic hydroxyl groups excluding tert-OH is 1. The monoisotopic (exact) mass is 444 g/mol. The first kappa shape index (κ1) is 25.4. The Labute approximate surface area is 178 Å². The van der Waals surface area contributed by atoms with E-state index in [-0.39, 0.29) is 12.2 Å². The van der Waals surface area contributed by atoms with Gasteiger partial charge in [0, 0.05) is 24.1 Å². The molecule has 4 unspecified atom stereocenters. The van der Waals surface area contributed by atoms with Gasteiger partial charge in [0.05, 0.1) is 19.0 Å². The number of amides is 3.